The number of rotatable bonds is 6. The highest BCUT2D eigenvalue weighted by Crippen LogP contribution is 2.33. The molecule has 1 saturated heterocycles. The van der Waals surface area contributed by atoms with Gasteiger partial charge in [-0.15, -0.1) is 0 Å². The van der Waals surface area contributed by atoms with E-state index in [1.165, 1.54) is 12.1 Å². The van der Waals surface area contributed by atoms with Gasteiger partial charge in [0.25, 0.3) is 0 Å². The number of aliphatic imine (C=N–C) groups is 1. The lowest BCUT2D eigenvalue weighted by Crippen LogP contribution is -2.44. The third-order valence-electron chi connectivity index (χ3n) is 5.41. The lowest BCUT2D eigenvalue weighted by molar-refractivity contribution is 0.0373. The van der Waals surface area contributed by atoms with Gasteiger partial charge >= 0.3 is 6.09 Å². The largest absolute Gasteiger partial charge is 0.444 e. The number of benzene rings is 1. The number of fused-ring (bicyclic) bond motifs is 1. The van der Waals surface area contributed by atoms with Crippen molar-refractivity contribution in [2.75, 3.05) is 51.8 Å². The van der Waals surface area contributed by atoms with Crippen LogP contribution in [0.4, 0.5) is 14.9 Å². The Balaban J connectivity index is 1.41. The zero-order chi connectivity index (χ0) is 24.3. The maximum atomic E-state index is 14.8. The maximum Gasteiger partial charge on any atom is 0.412 e. The number of halogens is 1. The zero-order valence-electron chi connectivity index (χ0n) is 20.0. The van der Waals surface area contributed by atoms with Crippen LogP contribution in [0.25, 0.3) is 5.70 Å². The van der Waals surface area contributed by atoms with Crippen molar-refractivity contribution in [3.63, 3.8) is 0 Å². The van der Waals surface area contributed by atoms with Crippen LogP contribution in [0.2, 0.25) is 0 Å². The molecule has 3 heterocycles. The molecule has 3 aliphatic heterocycles. The van der Waals surface area contributed by atoms with E-state index in [0.29, 0.717) is 17.0 Å². The van der Waals surface area contributed by atoms with E-state index in [0.717, 1.165) is 45.1 Å². The molecule has 184 valence electrons. The molecule has 0 aromatic heterocycles. The molecule has 0 radical (unpaired) electrons. The minimum absolute atomic E-state index is 0.0495. The summed E-state index contributed by atoms with van der Waals surface area (Å²) in [7, 11) is 1.88. The second kappa shape index (κ2) is 10.00. The molecular formula is C23H32FN7O3. The van der Waals surface area contributed by atoms with Gasteiger partial charge in [-0.3, -0.25) is 25.7 Å². The van der Waals surface area contributed by atoms with Gasteiger partial charge in [-0.05, 0) is 32.9 Å². The van der Waals surface area contributed by atoms with Gasteiger partial charge in [0.2, 0.25) is 0 Å². The molecule has 11 heteroatoms. The Kier molecular flexibility index (Phi) is 7.05. The quantitative estimate of drug-likeness (QED) is 0.580. The summed E-state index contributed by atoms with van der Waals surface area (Å²) in [6.07, 6.45) is 2.94. The predicted octanol–water partition coefficient (Wildman–Crippen LogP) is 2.31. The van der Waals surface area contributed by atoms with Gasteiger partial charge in [0.15, 0.2) is 0 Å². The number of anilines is 1. The van der Waals surface area contributed by atoms with Gasteiger partial charge in [0.1, 0.15) is 29.2 Å². The molecular weight excluding hydrogens is 441 g/mol. The minimum atomic E-state index is -0.705. The highest BCUT2D eigenvalue weighted by atomic mass is 19.1. The van der Waals surface area contributed by atoms with E-state index >= 15 is 0 Å². The average Bonchev–Trinajstić information content (AvgIpc) is 3.11. The Labute approximate surface area is 199 Å². The highest BCUT2D eigenvalue weighted by Gasteiger charge is 2.28. The highest BCUT2D eigenvalue weighted by molar-refractivity contribution is 5.86. The van der Waals surface area contributed by atoms with Crippen LogP contribution in [0.3, 0.4) is 0 Å². The molecule has 0 aliphatic carbocycles. The van der Waals surface area contributed by atoms with Crippen LogP contribution in [-0.4, -0.2) is 79.4 Å². The van der Waals surface area contributed by atoms with Crippen molar-refractivity contribution in [2.24, 2.45) is 4.99 Å². The first-order chi connectivity index (χ1) is 16.2. The summed E-state index contributed by atoms with van der Waals surface area (Å²) < 4.78 is 25.3. The number of nitrogens with zero attached hydrogens (tertiary/aromatic N) is 4. The lowest BCUT2D eigenvalue weighted by atomic mass is 10.1. The number of hydrazine groups is 2. The number of morpholine rings is 1. The van der Waals surface area contributed by atoms with E-state index in [1.54, 1.807) is 33.2 Å². The van der Waals surface area contributed by atoms with Gasteiger partial charge in [0.05, 0.1) is 30.8 Å². The van der Waals surface area contributed by atoms with Gasteiger partial charge in [-0.1, -0.05) is 6.07 Å². The smallest absolute Gasteiger partial charge is 0.412 e. The number of carbonyl (C=O) groups excluding carboxylic acids is 1. The monoisotopic (exact) mass is 473 g/mol. The summed E-state index contributed by atoms with van der Waals surface area (Å²) >= 11 is 0. The Morgan fingerprint density at radius 3 is 2.76 bits per heavy atom. The summed E-state index contributed by atoms with van der Waals surface area (Å²) in [5, 5.41) is 6.11. The van der Waals surface area contributed by atoms with Crippen molar-refractivity contribution < 1.29 is 18.7 Å². The molecule has 1 fully saturated rings. The fourth-order valence-corrected chi connectivity index (χ4v) is 3.77. The van der Waals surface area contributed by atoms with Crippen LogP contribution in [0, 0.1) is 5.82 Å². The van der Waals surface area contributed by atoms with Crippen LogP contribution in [0.1, 0.15) is 26.3 Å². The summed E-state index contributed by atoms with van der Waals surface area (Å²) in [6.45, 7) is 10.4. The van der Waals surface area contributed by atoms with E-state index in [4.69, 9.17) is 9.47 Å². The fourth-order valence-electron chi connectivity index (χ4n) is 3.77. The molecule has 4 rings (SSSR count). The van der Waals surface area contributed by atoms with E-state index in [-0.39, 0.29) is 5.69 Å². The third-order valence-corrected chi connectivity index (χ3v) is 5.41. The Hall–Kier alpha value is -3.15. The summed E-state index contributed by atoms with van der Waals surface area (Å²) in [4.78, 5) is 18.9. The molecule has 0 bridgehead atoms. The Bertz CT molecular complexity index is 1010. The van der Waals surface area contributed by atoms with Crippen molar-refractivity contribution in [1.29, 1.82) is 0 Å². The molecule has 0 unspecified atom stereocenters. The van der Waals surface area contributed by atoms with Gasteiger partial charge in [0, 0.05) is 38.8 Å². The molecule has 10 nitrogen and oxygen atoms in total. The van der Waals surface area contributed by atoms with Gasteiger partial charge < -0.3 is 9.47 Å². The number of likely N-dealkylation sites (N-methyl/N-ethyl adjacent to an activating group) is 1. The predicted molar refractivity (Wildman–Crippen MR) is 128 cm³/mol. The summed E-state index contributed by atoms with van der Waals surface area (Å²) in [5.41, 5.74) is 8.82. The normalized spacial score (nSPS) is 18.6. The fraction of sp³-hybridized carbons (Fsp3) is 0.478. The lowest BCUT2D eigenvalue weighted by Gasteiger charge is -2.28. The zero-order valence-corrected chi connectivity index (χ0v) is 20.0. The van der Waals surface area contributed by atoms with Gasteiger partial charge in [-0.25, -0.2) is 19.6 Å². The van der Waals surface area contributed by atoms with E-state index in [1.807, 2.05) is 23.3 Å². The average molecular weight is 474 g/mol. The number of hydrogen-bond acceptors (Lipinski definition) is 9. The van der Waals surface area contributed by atoms with Crippen molar-refractivity contribution in [3.8, 4) is 0 Å². The van der Waals surface area contributed by atoms with Crippen LogP contribution in [0.5, 0.6) is 0 Å². The minimum Gasteiger partial charge on any atom is -0.444 e. The topological polar surface area (TPSA) is 93.7 Å². The number of amides is 1. The Morgan fingerprint density at radius 1 is 1.29 bits per heavy atom. The molecule has 1 aromatic rings. The molecule has 0 spiro atoms. The molecule has 1 amide bonds. The molecule has 34 heavy (non-hydrogen) atoms. The first-order valence-electron chi connectivity index (χ1n) is 11.3. The molecule has 3 N–H and O–H groups in total. The van der Waals surface area contributed by atoms with Gasteiger partial charge in [-0.2, -0.15) is 0 Å². The maximum absolute atomic E-state index is 14.8. The number of nitrogens with one attached hydrogen (secondary N) is 3. The third kappa shape index (κ3) is 5.85. The van der Waals surface area contributed by atoms with Crippen LogP contribution < -0.4 is 16.2 Å². The van der Waals surface area contributed by atoms with Crippen LogP contribution >= 0.6 is 0 Å². The van der Waals surface area contributed by atoms with E-state index in [9.17, 15) is 9.18 Å². The second-order valence-electron chi connectivity index (χ2n) is 9.24. The summed E-state index contributed by atoms with van der Waals surface area (Å²) in [5.74, 6) is -0.565. The van der Waals surface area contributed by atoms with E-state index in [2.05, 4.69) is 26.1 Å². The first kappa shape index (κ1) is 24.0. The Morgan fingerprint density at radius 2 is 2.06 bits per heavy atom. The van der Waals surface area contributed by atoms with Crippen molar-refractivity contribution in [3.05, 3.63) is 47.2 Å². The number of ether oxygens (including phenoxy) is 2. The molecule has 0 saturated carbocycles. The van der Waals surface area contributed by atoms with Crippen molar-refractivity contribution in [2.45, 2.75) is 26.4 Å². The standard InChI is InChI=1S/C23H32FN7O3/c1-23(2,3)34-22(32)27-18-6-5-16(13-17(18)24)20-21-19(29(4)28-20)14-31(15-25-21)26-7-8-30-9-11-33-12-10-30/h5-6,13-15,26,28H,7-12H2,1-4H3,(H,27,32). The SMILES string of the molecule is CN1NC(c2ccc(NC(=O)OC(C)(C)C)c(F)c2)=C2N=CN(NCCN3CCOCC3)C=C21. The second-order valence-corrected chi connectivity index (χ2v) is 9.24. The van der Waals surface area contributed by atoms with Crippen LogP contribution in [0.15, 0.2) is 40.8 Å². The molecule has 0 atom stereocenters. The summed E-state index contributed by atoms with van der Waals surface area (Å²) in [6, 6.07) is 4.60. The molecule has 1 aromatic carbocycles. The van der Waals surface area contributed by atoms with Crippen molar-refractivity contribution >= 4 is 23.8 Å². The molecule has 3 aliphatic rings. The first-order valence-corrected chi connectivity index (χ1v) is 11.3. The van der Waals surface area contributed by atoms with Crippen molar-refractivity contribution in [1.82, 2.24) is 25.8 Å². The van der Waals surface area contributed by atoms with Crippen LogP contribution in [-0.2, 0) is 9.47 Å². The number of carbonyl (C=O) groups is 1. The van der Waals surface area contributed by atoms with E-state index < -0.39 is 17.5 Å². The number of hydrogen-bond donors (Lipinski definition) is 3.